The molecule has 0 radical (unpaired) electrons. The van der Waals surface area contributed by atoms with Crippen LogP contribution in [0, 0.1) is 10.1 Å². The molecule has 3 nitrogen and oxygen atoms in total. The van der Waals surface area contributed by atoms with Crippen molar-refractivity contribution in [3.8, 4) is 0 Å². The van der Waals surface area contributed by atoms with Crippen LogP contribution in [0.15, 0.2) is 42.3 Å². The summed E-state index contributed by atoms with van der Waals surface area (Å²) in [5, 5.41) is 10.2. The SMILES string of the molecule is C=C=C(C/C=C\C=C/C)[N+](=O)[O-]. The number of nitrogens with zero attached hydrogens (tertiary/aromatic N) is 1. The van der Waals surface area contributed by atoms with Gasteiger partial charge >= 0.3 is 0 Å². The van der Waals surface area contributed by atoms with Gasteiger partial charge in [-0.25, -0.2) is 0 Å². The number of hydrogen-bond donors (Lipinski definition) is 0. The van der Waals surface area contributed by atoms with E-state index in [1.54, 1.807) is 18.2 Å². The van der Waals surface area contributed by atoms with E-state index >= 15 is 0 Å². The first-order chi connectivity index (χ1) is 5.72. The molecule has 3 heteroatoms. The molecule has 0 aromatic heterocycles. The predicted octanol–water partition coefficient (Wildman–Crippen LogP) is 2.45. The molecule has 0 amide bonds. The fourth-order valence-electron chi connectivity index (χ4n) is 0.581. The second-order valence-corrected chi connectivity index (χ2v) is 2.04. The molecule has 64 valence electrons. The van der Waals surface area contributed by atoms with Crippen LogP contribution in [0.1, 0.15) is 13.3 Å². The van der Waals surface area contributed by atoms with Crippen molar-refractivity contribution in [3.05, 3.63) is 52.4 Å². The Morgan fingerprint density at radius 3 is 2.75 bits per heavy atom. The third-order valence-corrected chi connectivity index (χ3v) is 1.18. The van der Waals surface area contributed by atoms with Gasteiger partial charge in [0.1, 0.15) is 0 Å². The summed E-state index contributed by atoms with van der Waals surface area (Å²) in [6, 6.07) is 0. The largest absolute Gasteiger partial charge is 0.291 e. The van der Waals surface area contributed by atoms with Crippen molar-refractivity contribution in [1.29, 1.82) is 0 Å². The molecule has 12 heavy (non-hydrogen) atoms. The Morgan fingerprint density at radius 1 is 1.67 bits per heavy atom. The third-order valence-electron chi connectivity index (χ3n) is 1.18. The van der Waals surface area contributed by atoms with E-state index in [0.29, 0.717) is 0 Å². The lowest BCUT2D eigenvalue weighted by Crippen LogP contribution is -1.95. The van der Waals surface area contributed by atoms with E-state index in [1.165, 1.54) is 0 Å². The van der Waals surface area contributed by atoms with Crippen LogP contribution in [0.25, 0.3) is 0 Å². The van der Waals surface area contributed by atoms with Gasteiger partial charge in [0, 0.05) is 0 Å². The second-order valence-electron chi connectivity index (χ2n) is 2.04. The number of nitro groups is 1. The van der Waals surface area contributed by atoms with Gasteiger partial charge in [0.15, 0.2) is 0 Å². The van der Waals surface area contributed by atoms with Crippen molar-refractivity contribution in [1.82, 2.24) is 0 Å². The second kappa shape index (κ2) is 6.13. The molecule has 0 saturated heterocycles. The maximum atomic E-state index is 10.2. The molecule has 0 fully saturated rings. The van der Waals surface area contributed by atoms with Crippen LogP contribution in [0.3, 0.4) is 0 Å². The highest BCUT2D eigenvalue weighted by atomic mass is 16.6. The molecule has 0 atom stereocenters. The van der Waals surface area contributed by atoms with E-state index < -0.39 is 4.92 Å². The lowest BCUT2D eigenvalue weighted by atomic mass is 10.3. The Labute approximate surface area is 71.6 Å². The summed E-state index contributed by atoms with van der Waals surface area (Å²) >= 11 is 0. The van der Waals surface area contributed by atoms with Crippen LogP contribution in [0.4, 0.5) is 0 Å². The van der Waals surface area contributed by atoms with E-state index in [4.69, 9.17) is 0 Å². The molecule has 0 unspecified atom stereocenters. The fourth-order valence-corrected chi connectivity index (χ4v) is 0.581. The average Bonchev–Trinajstić information content (AvgIpc) is 2.04. The van der Waals surface area contributed by atoms with E-state index in [1.807, 2.05) is 13.0 Å². The molecule has 0 saturated carbocycles. The summed E-state index contributed by atoms with van der Waals surface area (Å²) in [5.74, 6) is 0. The van der Waals surface area contributed by atoms with E-state index in [2.05, 4.69) is 12.3 Å². The molecule has 0 bridgehead atoms. The molecule has 0 heterocycles. The van der Waals surface area contributed by atoms with Crippen molar-refractivity contribution in [2.45, 2.75) is 13.3 Å². The van der Waals surface area contributed by atoms with Crippen molar-refractivity contribution < 1.29 is 4.92 Å². The Morgan fingerprint density at radius 2 is 2.33 bits per heavy atom. The van der Waals surface area contributed by atoms with Crippen LogP contribution in [-0.4, -0.2) is 4.92 Å². The maximum absolute atomic E-state index is 10.2. The van der Waals surface area contributed by atoms with Gasteiger partial charge < -0.3 is 0 Å². The average molecular weight is 165 g/mol. The monoisotopic (exact) mass is 165 g/mol. The van der Waals surface area contributed by atoms with Crippen molar-refractivity contribution in [2.24, 2.45) is 0 Å². The van der Waals surface area contributed by atoms with Crippen LogP contribution in [-0.2, 0) is 0 Å². The molecule has 0 aromatic carbocycles. The molecule has 0 rings (SSSR count). The minimum absolute atomic E-state index is 0.00393. The molecule has 0 N–H and O–H groups in total. The molecule has 0 spiro atoms. The zero-order chi connectivity index (χ0) is 9.40. The van der Waals surface area contributed by atoms with Crippen LogP contribution < -0.4 is 0 Å². The van der Waals surface area contributed by atoms with Crippen molar-refractivity contribution in [3.63, 3.8) is 0 Å². The van der Waals surface area contributed by atoms with Gasteiger partial charge in [-0.2, -0.15) is 0 Å². The Bertz CT molecular complexity index is 258. The smallest absolute Gasteiger partial charge is 0.258 e. The van der Waals surface area contributed by atoms with Crippen LogP contribution >= 0.6 is 0 Å². The highest BCUT2D eigenvalue weighted by molar-refractivity contribution is 5.05. The third kappa shape index (κ3) is 4.25. The lowest BCUT2D eigenvalue weighted by Gasteiger charge is -1.87. The molecule has 0 aliphatic carbocycles. The van der Waals surface area contributed by atoms with Gasteiger partial charge in [-0.1, -0.05) is 30.0 Å². The maximum Gasteiger partial charge on any atom is 0.291 e. The first-order valence-corrected chi connectivity index (χ1v) is 3.53. The first kappa shape index (κ1) is 10.4. The standard InChI is InChI=1S/C9H11NO2/c1-3-5-6-7-8-9(4-2)10(11)12/h3,5-7H,2,8H2,1H3/b5-3-,7-6-. The summed E-state index contributed by atoms with van der Waals surface area (Å²) < 4.78 is 0. The van der Waals surface area contributed by atoms with Gasteiger partial charge in [-0.15, -0.1) is 0 Å². The van der Waals surface area contributed by atoms with Gasteiger partial charge in [0.05, 0.1) is 11.3 Å². The van der Waals surface area contributed by atoms with E-state index in [0.717, 1.165) is 0 Å². The van der Waals surface area contributed by atoms with E-state index in [-0.39, 0.29) is 12.1 Å². The zero-order valence-electron chi connectivity index (χ0n) is 6.99. The highest BCUT2D eigenvalue weighted by Gasteiger charge is 2.04. The summed E-state index contributed by atoms with van der Waals surface area (Å²) in [5.41, 5.74) is 2.27. The minimum atomic E-state index is -0.479. The fraction of sp³-hybridized carbons (Fsp3) is 0.222. The lowest BCUT2D eigenvalue weighted by molar-refractivity contribution is -0.426. The summed E-state index contributed by atoms with van der Waals surface area (Å²) in [7, 11) is 0. The molecular formula is C9H11NO2. The van der Waals surface area contributed by atoms with Gasteiger partial charge in [-0.3, -0.25) is 10.1 Å². The number of hydrogen-bond acceptors (Lipinski definition) is 2. The van der Waals surface area contributed by atoms with Crippen LogP contribution in [0.2, 0.25) is 0 Å². The van der Waals surface area contributed by atoms with E-state index in [9.17, 15) is 10.1 Å². The van der Waals surface area contributed by atoms with Crippen molar-refractivity contribution >= 4 is 0 Å². The predicted molar refractivity (Wildman–Crippen MR) is 48.2 cm³/mol. The normalized spacial score (nSPS) is 10.4. The molecule has 0 aliphatic rings. The Balaban J connectivity index is 4.08. The van der Waals surface area contributed by atoms with Gasteiger partial charge in [0.25, 0.3) is 5.70 Å². The Kier molecular flexibility index (Phi) is 5.31. The quantitative estimate of drug-likeness (QED) is 0.278. The topological polar surface area (TPSA) is 43.1 Å². The summed E-state index contributed by atoms with van der Waals surface area (Å²) in [4.78, 5) is 9.73. The van der Waals surface area contributed by atoms with Gasteiger partial charge in [-0.05, 0) is 13.5 Å². The molecular weight excluding hydrogens is 154 g/mol. The molecule has 0 aliphatic heterocycles. The summed E-state index contributed by atoms with van der Waals surface area (Å²) in [6.07, 6.45) is 7.36. The van der Waals surface area contributed by atoms with Gasteiger partial charge in [0.2, 0.25) is 0 Å². The zero-order valence-corrected chi connectivity index (χ0v) is 6.99. The minimum Gasteiger partial charge on any atom is -0.258 e. The van der Waals surface area contributed by atoms with Crippen LogP contribution in [0.5, 0.6) is 0 Å². The number of rotatable bonds is 4. The first-order valence-electron chi connectivity index (χ1n) is 3.53. The Hall–Kier alpha value is -1.60. The molecule has 0 aromatic rings. The number of allylic oxidation sites excluding steroid dienone is 4. The van der Waals surface area contributed by atoms with Crippen molar-refractivity contribution in [2.75, 3.05) is 0 Å². The highest BCUT2D eigenvalue weighted by Crippen LogP contribution is 2.00. The summed E-state index contributed by atoms with van der Waals surface area (Å²) in [6.45, 7) is 5.10.